The van der Waals surface area contributed by atoms with E-state index in [4.69, 9.17) is 12.6 Å². The molecule has 2 rings (SSSR count). The van der Waals surface area contributed by atoms with Crippen LogP contribution in [0.4, 0.5) is 0 Å². The summed E-state index contributed by atoms with van der Waals surface area (Å²) in [6.45, 7) is 0. The molecule has 2 aromatic rings. The van der Waals surface area contributed by atoms with Gasteiger partial charge in [-0.1, -0.05) is 48.2 Å². The van der Waals surface area contributed by atoms with Crippen LogP contribution in [0.2, 0.25) is 0 Å². The molecule has 0 unspecified atom stereocenters. The molecule has 0 aromatic heterocycles. The quantitative estimate of drug-likeness (QED) is 0.533. The summed E-state index contributed by atoms with van der Waals surface area (Å²) < 4.78 is 0. The second kappa shape index (κ2) is 8.32. The van der Waals surface area contributed by atoms with Gasteiger partial charge in [0.15, 0.2) is 0 Å². The van der Waals surface area contributed by atoms with Gasteiger partial charge in [-0.2, -0.15) is 4.90 Å². The van der Waals surface area contributed by atoms with Crippen molar-refractivity contribution in [3.05, 3.63) is 54.6 Å². The van der Waals surface area contributed by atoms with Crippen molar-refractivity contribution in [2.75, 3.05) is 0 Å². The van der Waals surface area contributed by atoms with Crippen molar-refractivity contribution in [1.82, 2.24) is 0 Å². The average molecular weight is 230 g/mol. The standard InChI is InChI=1S/C12H9S2.2Li/c13-11-8-4-5-9-12(11)14-10-6-2-1-3-7-10;;/h1-6,8-9,13H;;/q;;+1/p-1. The van der Waals surface area contributed by atoms with Gasteiger partial charge >= 0.3 is 18.9 Å². The predicted molar refractivity (Wildman–Crippen MR) is 67.2 cm³/mol. The molecule has 0 fully saturated rings. The van der Waals surface area contributed by atoms with Gasteiger partial charge in [0.05, 0.1) is 0 Å². The topological polar surface area (TPSA) is 0 Å². The molecule has 0 heterocycles. The van der Waals surface area contributed by atoms with Crippen LogP contribution in [0.5, 0.6) is 0 Å². The zero-order valence-electron chi connectivity index (χ0n) is 9.44. The van der Waals surface area contributed by atoms with E-state index in [1.807, 2.05) is 48.5 Å². The Hall–Kier alpha value is 0.205. The summed E-state index contributed by atoms with van der Waals surface area (Å²) in [7, 11) is 0. The van der Waals surface area contributed by atoms with E-state index in [0.29, 0.717) is 0 Å². The van der Waals surface area contributed by atoms with Crippen LogP contribution in [-0.4, -0.2) is 18.9 Å². The maximum atomic E-state index is 5.22. The van der Waals surface area contributed by atoms with Gasteiger partial charge in [-0.15, -0.1) is 0 Å². The molecule has 0 amide bonds. The third kappa shape index (κ3) is 4.60. The summed E-state index contributed by atoms with van der Waals surface area (Å²) in [6, 6.07) is 19.0. The summed E-state index contributed by atoms with van der Waals surface area (Å²) >= 11 is 6.87. The SMILES string of the molecule is [Li+].[Li].[S-]c1ccccc1Sc1[c]cccc1. The van der Waals surface area contributed by atoms with Crippen LogP contribution in [0.25, 0.3) is 0 Å². The summed E-state index contributed by atoms with van der Waals surface area (Å²) in [4.78, 5) is 3.12. The molecule has 0 nitrogen and oxygen atoms in total. The van der Waals surface area contributed by atoms with Crippen LogP contribution in [0.1, 0.15) is 0 Å². The molecule has 4 heteroatoms. The van der Waals surface area contributed by atoms with Gasteiger partial charge < -0.3 is 12.6 Å². The molecule has 0 spiro atoms. The third-order valence-corrected chi connectivity index (χ3v) is 3.28. The maximum Gasteiger partial charge on any atom is 1.00 e. The van der Waals surface area contributed by atoms with Crippen LogP contribution in [0.3, 0.4) is 0 Å². The number of rotatable bonds is 2. The van der Waals surface area contributed by atoms with E-state index in [1.54, 1.807) is 11.8 Å². The zero-order valence-corrected chi connectivity index (χ0v) is 11.1. The van der Waals surface area contributed by atoms with Crippen molar-refractivity contribution in [3.63, 3.8) is 0 Å². The first kappa shape index (κ1) is 16.2. The van der Waals surface area contributed by atoms with Gasteiger partial charge in [-0.3, -0.25) is 0 Å². The molecule has 0 bridgehead atoms. The molecule has 0 N–H and O–H groups in total. The first-order chi connectivity index (χ1) is 6.86. The van der Waals surface area contributed by atoms with Gasteiger partial charge in [0.1, 0.15) is 0 Å². The van der Waals surface area contributed by atoms with Crippen LogP contribution in [0, 0.1) is 6.07 Å². The van der Waals surface area contributed by atoms with Crippen molar-refractivity contribution in [2.45, 2.75) is 14.7 Å². The molecule has 16 heavy (non-hydrogen) atoms. The summed E-state index contributed by atoms with van der Waals surface area (Å²) in [5.74, 6) is 0. The van der Waals surface area contributed by atoms with Crippen LogP contribution < -0.4 is 18.9 Å². The molecule has 2 aromatic carbocycles. The minimum atomic E-state index is 0. The van der Waals surface area contributed by atoms with Crippen molar-refractivity contribution >= 4 is 43.3 Å². The first-order valence-corrected chi connectivity index (χ1v) is 5.49. The third-order valence-electron chi connectivity index (χ3n) is 1.75. The fourth-order valence-electron chi connectivity index (χ4n) is 1.09. The molecule has 70 valence electrons. The smallest absolute Gasteiger partial charge is 0.779 e. The molecule has 0 saturated heterocycles. The molecule has 2 radical (unpaired) electrons. The molecule has 0 aliphatic rings. The Labute approximate surface area is 130 Å². The fraction of sp³-hybridized carbons (Fsp3) is 0. The van der Waals surface area contributed by atoms with Gasteiger partial charge in [0.25, 0.3) is 0 Å². The molecule has 0 aliphatic carbocycles. The normalized spacial score (nSPS) is 8.75. The number of hydrogen-bond donors (Lipinski definition) is 0. The van der Waals surface area contributed by atoms with E-state index in [9.17, 15) is 0 Å². The maximum absolute atomic E-state index is 5.22. The zero-order chi connectivity index (χ0) is 9.80. The summed E-state index contributed by atoms with van der Waals surface area (Å²) in [5.41, 5.74) is 0. The first-order valence-electron chi connectivity index (χ1n) is 4.27. The van der Waals surface area contributed by atoms with Gasteiger partial charge in [0, 0.05) is 23.8 Å². The van der Waals surface area contributed by atoms with Crippen molar-refractivity contribution < 1.29 is 18.9 Å². The summed E-state index contributed by atoms with van der Waals surface area (Å²) in [5, 5.41) is 0. The van der Waals surface area contributed by atoms with E-state index in [0.717, 1.165) is 14.7 Å². The van der Waals surface area contributed by atoms with E-state index in [1.165, 1.54) is 0 Å². The van der Waals surface area contributed by atoms with E-state index < -0.39 is 0 Å². The fourth-order valence-corrected chi connectivity index (χ4v) is 2.19. The largest absolute Gasteiger partial charge is 1.00 e. The second-order valence-corrected chi connectivity index (χ2v) is 4.30. The van der Waals surface area contributed by atoms with Gasteiger partial charge in [-0.25, -0.2) is 0 Å². The summed E-state index contributed by atoms with van der Waals surface area (Å²) in [6.07, 6.45) is 0. The molecule has 0 saturated carbocycles. The Balaban J connectivity index is 0.00000112. The van der Waals surface area contributed by atoms with Crippen LogP contribution >= 0.6 is 11.8 Å². The van der Waals surface area contributed by atoms with Gasteiger partial charge in [-0.05, 0) is 23.1 Å². The number of hydrogen-bond acceptors (Lipinski definition) is 2. The monoisotopic (exact) mass is 230 g/mol. The van der Waals surface area contributed by atoms with Crippen LogP contribution in [0.15, 0.2) is 63.2 Å². The molecule has 0 atom stereocenters. The second-order valence-electron chi connectivity index (χ2n) is 2.78. The molecule has 0 aliphatic heterocycles. The van der Waals surface area contributed by atoms with E-state index in [-0.39, 0.29) is 37.7 Å². The van der Waals surface area contributed by atoms with E-state index >= 15 is 0 Å². The van der Waals surface area contributed by atoms with Crippen molar-refractivity contribution in [1.29, 1.82) is 0 Å². The van der Waals surface area contributed by atoms with E-state index in [2.05, 4.69) is 6.07 Å². The predicted octanol–water partition coefficient (Wildman–Crippen LogP) is 0.167. The van der Waals surface area contributed by atoms with Gasteiger partial charge in [0.2, 0.25) is 0 Å². The average Bonchev–Trinajstić information content (AvgIpc) is 2.23. The Bertz CT molecular complexity index is 418. The minimum absolute atomic E-state index is 0. The van der Waals surface area contributed by atoms with Crippen molar-refractivity contribution in [3.8, 4) is 0 Å². The molecular weight excluding hydrogens is 222 g/mol. The Morgan fingerprint density at radius 2 is 1.69 bits per heavy atom. The van der Waals surface area contributed by atoms with Crippen molar-refractivity contribution in [2.24, 2.45) is 0 Å². The van der Waals surface area contributed by atoms with Crippen LogP contribution in [-0.2, 0) is 12.6 Å². The Morgan fingerprint density at radius 1 is 1.00 bits per heavy atom. The number of benzene rings is 2. The molecular formula is C12H8Li2S2. The minimum Gasteiger partial charge on any atom is -0.779 e. The Morgan fingerprint density at radius 3 is 2.31 bits per heavy atom. The Kier molecular flexibility index (Phi) is 8.42.